The summed E-state index contributed by atoms with van der Waals surface area (Å²) >= 11 is 0. The summed E-state index contributed by atoms with van der Waals surface area (Å²) in [6, 6.07) is 10.7. The smallest absolute Gasteiger partial charge is 0.280 e. The van der Waals surface area contributed by atoms with Gasteiger partial charge in [-0.25, -0.2) is 10.5 Å². The Hall–Kier alpha value is -3.13. The molecule has 1 saturated heterocycles. The maximum Gasteiger partial charge on any atom is 0.280 e. The van der Waals surface area contributed by atoms with E-state index in [1.807, 2.05) is 23.1 Å². The van der Waals surface area contributed by atoms with Gasteiger partial charge in [0.15, 0.2) is 6.72 Å². The molecule has 0 unspecified atom stereocenters. The average Bonchev–Trinajstić information content (AvgIpc) is 2.67. The highest BCUT2D eigenvalue weighted by molar-refractivity contribution is 6.01. The van der Waals surface area contributed by atoms with Crippen LogP contribution in [0.4, 0.5) is 17.2 Å². The summed E-state index contributed by atoms with van der Waals surface area (Å²) < 4.78 is 0.731. The highest BCUT2D eigenvalue weighted by Gasteiger charge is 2.28. The second kappa shape index (κ2) is 7.18. The van der Waals surface area contributed by atoms with Crippen molar-refractivity contribution in [3.63, 3.8) is 0 Å². The lowest BCUT2D eigenvalue weighted by Crippen LogP contribution is -2.47. The molecule has 0 saturated carbocycles. The summed E-state index contributed by atoms with van der Waals surface area (Å²) in [7, 11) is 0. The zero-order valence-corrected chi connectivity index (χ0v) is 13.7. The maximum atomic E-state index is 12.0. The molecule has 8 nitrogen and oxygen atoms in total. The molecule has 1 fully saturated rings. The Morgan fingerprint density at radius 3 is 2.44 bits per heavy atom. The summed E-state index contributed by atoms with van der Waals surface area (Å²) in [5.74, 6) is 0.274. The summed E-state index contributed by atoms with van der Waals surface area (Å²) in [6.07, 6.45) is 1.76. The summed E-state index contributed by atoms with van der Waals surface area (Å²) in [6.45, 7) is 6.20. The van der Waals surface area contributed by atoms with Crippen molar-refractivity contribution in [2.24, 2.45) is 0 Å². The van der Waals surface area contributed by atoms with Crippen molar-refractivity contribution in [1.82, 2.24) is 10.5 Å². The Kier molecular flexibility index (Phi) is 4.80. The van der Waals surface area contributed by atoms with Gasteiger partial charge < -0.3 is 9.80 Å². The van der Waals surface area contributed by atoms with Gasteiger partial charge in [-0.1, -0.05) is 12.1 Å². The van der Waals surface area contributed by atoms with Gasteiger partial charge in [0, 0.05) is 43.2 Å². The Bertz CT molecular complexity index is 773. The summed E-state index contributed by atoms with van der Waals surface area (Å²) in [5.41, 5.74) is 2.86. The number of carbonyl (C=O) groups excluding carboxylic acids is 1. The van der Waals surface area contributed by atoms with Crippen molar-refractivity contribution in [2.75, 3.05) is 36.0 Å². The van der Waals surface area contributed by atoms with Crippen LogP contribution < -0.4 is 15.3 Å². The van der Waals surface area contributed by atoms with E-state index in [0.717, 1.165) is 10.6 Å². The molecule has 1 aromatic carbocycles. The van der Waals surface area contributed by atoms with Gasteiger partial charge in [0.25, 0.3) is 11.6 Å². The number of nitrogens with zero attached hydrogens (tertiary/aromatic N) is 4. The largest absolute Gasteiger partial charge is 0.362 e. The molecular formula is C17H20N5O3+. The molecule has 1 amide bonds. The van der Waals surface area contributed by atoms with Crippen LogP contribution >= 0.6 is 0 Å². The van der Waals surface area contributed by atoms with E-state index in [2.05, 4.69) is 16.6 Å². The molecule has 25 heavy (non-hydrogen) atoms. The number of amides is 1. The standard InChI is InChI=1S/C17H19N5O3/c1-20(25)14-6-4-5-13(17(23)19-24)16(14)22-11-9-21(10-12-22)15-7-2-3-8-18-15/h2-8H,1,9-12H2,(H2-,19,23,24,25)/p+1. The lowest BCUT2D eigenvalue weighted by Gasteiger charge is -2.37. The van der Waals surface area contributed by atoms with Gasteiger partial charge in [0.2, 0.25) is 0 Å². The van der Waals surface area contributed by atoms with Crippen LogP contribution in [0.3, 0.4) is 0 Å². The maximum absolute atomic E-state index is 12.0. The molecule has 3 N–H and O–H groups in total. The minimum atomic E-state index is -0.633. The molecule has 1 aliphatic rings. The van der Waals surface area contributed by atoms with Crippen molar-refractivity contribution in [1.29, 1.82) is 0 Å². The van der Waals surface area contributed by atoms with Crippen LogP contribution in [0.25, 0.3) is 0 Å². The number of carbonyl (C=O) groups is 1. The zero-order valence-electron chi connectivity index (χ0n) is 13.7. The number of anilines is 2. The predicted octanol–water partition coefficient (Wildman–Crippen LogP) is 1.26. The Labute approximate surface area is 145 Å². The first-order valence-corrected chi connectivity index (χ1v) is 7.89. The van der Waals surface area contributed by atoms with E-state index in [1.165, 1.54) is 0 Å². The van der Waals surface area contributed by atoms with E-state index in [-0.39, 0.29) is 5.56 Å². The molecule has 0 radical (unpaired) electrons. The SMILES string of the molecule is C=[N+](O)c1cccc(C(=O)NO)c1N1CCN(c2ccccn2)CC1. The second-order valence-corrected chi connectivity index (χ2v) is 5.68. The summed E-state index contributed by atoms with van der Waals surface area (Å²) in [4.78, 5) is 20.5. The highest BCUT2D eigenvalue weighted by Crippen LogP contribution is 2.32. The van der Waals surface area contributed by atoms with E-state index in [9.17, 15) is 10.0 Å². The number of pyridine rings is 1. The van der Waals surface area contributed by atoms with E-state index in [0.29, 0.717) is 37.6 Å². The number of rotatable bonds is 4. The number of benzene rings is 1. The third kappa shape index (κ3) is 3.38. The minimum Gasteiger partial charge on any atom is -0.362 e. The fourth-order valence-corrected chi connectivity index (χ4v) is 3.02. The van der Waals surface area contributed by atoms with Gasteiger partial charge in [0.05, 0.1) is 5.56 Å². The van der Waals surface area contributed by atoms with Crippen molar-refractivity contribution in [3.05, 3.63) is 48.2 Å². The van der Waals surface area contributed by atoms with Crippen LogP contribution in [0.1, 0.15) is 10.4 Å². The van der Waals surface area contributed by atoms with Gasteiger partial charge in [-0.2, -0.15) is 0 Å². The van der Waals surface area contributed by atoms with E-state index < -0.39 is 5.91 Å². The van der Waals surface area contributed by atoms with Gasteiger partial charge in [-0.15, -0.1) is 0 Å². The van der Waals surface area contributed by atoms with Gasteiger partial charge in [0.1, 0.15) is 11.5 Å². The predicted molar refractivity (Wildman–Crippen MR) is 93.2 cm³/mol. The number of aromatic nitrogens is 1. The molecule has 8 heteroatoms. The normalized spacial score (nSPS) is 14.3. The van der Waals surface area contributed by atoms with Crippen LogP contribution in [0, 0.1) is 0 Å². The molecule has 1 aromatic heterocycles. The lowest BCUT2D eigenvalue weighted by molar-refractivity contribution is -0.706. The third-order valence-corrected chi connectivity index (χ3v) is 4.21. The molecule has 0 aliphatic carbocycles. The first-order valence-electron chi connectivity index (χ1n) is 7.89. The second-order valence-electron chi connectivity index (χ2n) is 5.68. The quantitative estimate of drug-likeness (QED) is 0.255. The third-order valence-electron chi connectivity index (χ3n) is 4.21. The van der Waals surface area contributed by atoms with Crippen molar-refractivity contribution in [2.45, 2.75) is 0 Å². The number of piperazine rings is 1. The molecule has 0 atom stereocenters. The lowest BCUT2D eigenvalue weighted by atomic mass is 10.1. The molecule has 2 aromatic rings. The Morgan fingerprint density at radius 1 is 1.12 bits per heavy atom. The number of para-hydroxylation sites is 1. The van der Waals surface area contributed by atoms with Gasteiger partial charge in [-0.05, 0) is 18.2 Å². The van der Waals surface area contributed by atoms with Crippen LogP contribution in [0.15, 0.2) is 42.6 Å². The zero-order chi connectivity index (χ0) is 17.8. The van der Waals surface area contributed by atoms with Crippen molar-refractivity contribution in [3.8, 4) is 0 Å². The number of nitrogens with one attached hydrogen (secondary N) is 1. The summed E-state index contributed by atoms with van der Waals surface area (Å²) in [5, 5.41) is 18.8. The van der Waals surface area contributed by atoms with E-state index in [1.54, 1.807) is 29.9 Å². The number of hydrogen-bond acceptors (Lipinski definition) is 6. The molecule has 0 bridgehead atoms. The van der Waals surface area contributed by atoms with E-state index >= 15 is 0 Å². The van der Waals surface area contributed by atoms with Crippen LogP contribution in [-0.2, 0) is 0 Å². The minimum absolute atomic E-state index is 0.272. The Balaban J connectivity index is 1.87. The monoisotopic (exact) mass is 342 g/mol. The van der Waals surface area contributed by atoms with Crippen LogP contribution in [0.5, 0.6) is 0 Å². The Morgan fingerprint density at radius 2 is 1.84 bits per heavy atom. The molecule has 3 rings (SSSR count). The van der Waals surface area contributed by atoms with Crippen LogP contribution in [0.2, 0.25) is 0 Å². The molecule has 130 valence electrons. The molecule has 0 spiro atoms. The number of hydrogen-bond donors (Lipinski definition) is 3. The fraction of sp³-hybridized carbons (Fsp3) is 0.235. The molecular weight excluding hydrogens is 322 g/mol. The first kappa shape index (κ1) is 16.7. The number of hydroxylamine groups is 1. The fourth-order valence-electron chi connectivity index (χ4n) is 3.02. The van der Waals surface area contributed by atoms with Gasteiger partial charge >= 0.3 is 0 Å². The topological polar surface area (TPSA) is 91.9 Å². The highest BCUT2D eigenvalue weighted by atomic mass is 16.5. The molecule has 2 heterocycles. The van der Waals surface area contributed by atoms with E-state index in [4.69, 9.17) is 5.21 Å². The van der Waals surface area contributed by atoms with Gasteiger partial charge in [-0.3, -0.25) is 15.2 Å². The van der Waals surface area contributed by atoms with Crippen molar-refractivity contribution >= 4 is 29.8 Å². The van der Waals surface area contributed by atoms with Crippen LogP contribution in [-0.4, -0.2) is 58.9 Å². The average molecular weight is 342 g/mol. The van der Waals surface area contributed by atoms with Crippen molar-refractivity contribution < 1.29 is 19.9 Å². The molecule has 1 aliphatic heterocycles. The first-order chi connectivity index (χ1) is 12.1.